The molecule has 5 heteroatoms. The van der Waals surface area contributed by atoms with E-state index in [-0.39, 0.29) is 26.8 Å². The van der Waals surface area contributed by atoms with Gasteiger partial charge in [-0.15, -0.1) is 17.7 Å². The van der Waals surface area contributed by atoms with Crippen molar-refractivity contribution in [3.05, 3.63) is 134 Å². The summed E-state index contributed by atoms with van der Waals surface area (Å²) in [6.07, 6.45) is 1.81. The predicted molar refractivity (Wildman–Crippen MR) is 153 cm³/mol. The number of phenols is 1. The Morgan fingerprint density at radius 3 is 2.26 bits per heavy atom. The van der Waals surface area contributed by atoms with E-state index in [0.29, 0.717) is 11.4 Å². The number of fused-ring (bicyclic) bond motifs is 2. The Labute approximate surface area is 240 Å². The number of hydrogen-bond acceptors (Lipinski definition) is 3. The summed E-state index contributed by atoms with van der Waals surface area (Å²) >= 11 is 0. The molecule has 2 aromatic heterocycles. The molecular weight excluding hydrogens is 661 g/mol. The van der Waals surface area contributed by atoms with E-state index in [0.717, 1.165) is 49.9 Å². The molecule has 0 atom stereocenters. The molecule has 2 heterocycles. The Bertz CT molecular complexity index is 1930. The molecular formula is C34H22N3OPt-. The van der Waals surface area contributed by atoms with Gasteiger partial charge < -0.3 is 5.11 Å². The second-order valence-corrected chi connectivity index (χ2v) is 9.16. The maximum atomic E-state index is 10.8. The average molecular weight is 684 g/mol. The third-order valence-electron chi connectivity index (χ3n) is 6.85. The first-order chi connectivity index (χ1) is 18.8. The van der Waals surface area contributed by atoms with Gasteiger partial charge in [-0.1, -0.05) is 101 Å². The Balaban J connectivity index is 0.00000277. The van der Waals surface area contributed by atoms with Crippen molar-refractivity contribution in [2.45, 2.75) is 0 Å². The monoisotopic (exact) mass is 683 g/mol. The van der Waals surface area contributed by atoms with Gasteiger partial charge in [-0.05, 0) is 36.4 Å². The number of benzene rings is 5. The zero-order valence-electron chi connectivity index (χ0n) is 20.7. The summed E-state index contributed by atoms with van der Waals surface area (Å²) in [5.74, 6) is 0.874. The van der Waals surface area contributed by atoms with Crippen LogP contribution in [0.15, 0.2) is 128 Å². The molecule has 0 amide bonds. The molecule has 7 aromatic rings. The minimum atomic E-state index is 0. The normalized spacial score (nSPS) is 11.0. The number of nitrogens with zero attached hydrogens (tertiary/aromatic N) is 3. The minimum absolute atomic E-state index is 0. The van der Waals surface area contributed by atoms with Gasteiger partial charge in [-0.2, -0.15) is 0 Å². The molecule has 5 aromatic carbocycles. The molecule has 0 saturated carbocycles. The number of imidazole rings is 1. The number of para-hydroxylation sites is 3. The molecule has 7 rings (SSSR count). The van der Waals surface area contributed by atoms with E-state index in [1.165, 1.54) is 0 Å². The van der Waals surface area contributed by atoms with Crippen LogP contribution < -0.4 is 0 Å². The molecule has 0 fully saturated rings. The topological polar surface area (TPSA) is 50.9 Å². The van der Waals surface area contributed by atoms with Gasteiger partial charge >= 0.3 is 0 Å². The van der Waals surface area contributed by atoms with E-state index in [9.17, 15) is 5.11 Å². The second-order valence-electron chi connectivity index (χ2n) is 9.16. The van der Waals surface area contributed by atoms with Crippen LogP contribution in [0.1, 0.15) is 0 Å². The van der Waals surface area contributed by atoms with Gasteiger partial charge in [0.2, 0.25) is 0 Å². The summed E-state index contributed by atoms with van der Waals surface area (Å²) in [4.78, 5) is 9.77. The number of phenolic OH excluding ortho intramolecular Hbond substituents is 1. The van der Waals surface area contributed by atoms with Crippen molar-refractivity contribution in [3.63, 3.8) is 0 Å². The van der Waals surface area contributed by atoms with Gasteiger partial charge in [0.05, 0.1) is 16.6 Å². The molecule has 4 nitrogen and oxygen atoms in total. The molecule has 1 N–H and O–H groups in total. The summed E-state index contributed by atoms with van der Waals surface area (Å²) in [6.45, 7) is 0. The van der Waals surface area contributed by atoms with Crippen molar-refractivity contribution in [1.29, 1.82) is 0 Å². The van der Waals surface area contributed by atoms with Crippen molar-refractivity contribution in [2.24, 2.45) is 0 Å². The van der Waals surface area contributed by atoms with Crippen LogP contribution in [0.3, 0.4) is 0 Å². The van der Waals surface area contributed by atoms with Crippen LogP contribution >= 0.6 is 0 Å². The van der Waals surface area contributed by atoms with Crippen molar-refractivity contribution in [2.75, 3.05) is 0 Å². The molecule has 0 saturated heterocycles. The van der Waals surface area contributed by atoms with E-state index < -0.39 is 0 Å². The van der Waals surface area contributed by atoms with Gasteiger partial charge in [-0.3, -0.25) is 9.55 Å². The molecule has 0 unspecified atom stereocenters. The van der Waals surface area contributed by atoms with Crippen molar-refractivity contribution >= 4 is 21.8 Å². The van der Waals surface area contributed by atoms with Crippen molar-refractivity contribution < 1.29 is 26.2 Å². The van der Waals surface area contributed by atoms with Crippen LogP contribution in [0.25, 0.3) is 61.3 Å². The molecule has 0 aliphatic carbocycles. The van der Waals surface area contributed by atoms with Gasteiger partial charge in [0, 0.05) is 38.6 Å². The zero-order valence-corrected chi connectivity index (χ0v) is 23.0. The van der Waals surface area contributed by atoms with Crippen molar-refractivity contribution in [1.82, 2.24) is 14.5 Å². The molecule has 0 spiro atoms. The molecule has 0 aliphatic heterocycles. The summed E-state index contributed by atoms with van der Waals surface area (Å²) in [5.41, 5.74) is 7.19. The predicted octanol–water partition coefficient (Wildman–Crippen LogP) is 8.08. The van der Waals surface area contributed by atoms with E-state index in [4.69, 9.17) is 4.98 Å². The van der Waals surface area contributed by atoms with E-state index in [2.05, 4.69) is 70.2 Å². The fourth-order valence-corrected chi connectivity index (χ4v) is 5.10. The number of hydrogen-bond donors (Lipinski definition) is 1. The number of pyridine rings is 1. The minimum Gasteiger partial charge on any atom is -0.507 e. The van der Waals surface area contributed by atoms with E-state index in [1.807, 2.05) is 66.9 Å². The van der Waals surface area contributed by atoms with Gasteiger partial charge in [-0.25, -0.2) is 4.98 Å². The molecule has 190 valence electrons. The smallest absolute Gasteiger partial charge is 0.148 e. The van der Waals surface area contributed by atoms with Gasteiger partial charge in [0.15, 0.2) is 0 Å². The second kappa shape index (κ2) is 10.3. The van der Waals surface area contributed by atoms with Crippen LogP contribution in [0.5, 0.6) is 5.75 Å². The zero-order chi connectivity index (χ0) is 25.5. The molecule has 39 heavy (non-hydrogen) atoms. The third kappa shape index (κ3) is 4.33. The SMILES string of the molecule is Oc1ccccc1-c1nc2c(-c3[c-]c(-c4ccccn4)c4ccccc4c3)cccc2n1-c1ccccc1.[Pt]. The Hall–Kier alpha value is -4.53. The molecule has 0 bridgehead atoms. The van der Waals surface area contributed by atoms with Crippen LogP contribution in [0.2, 0.25) is 0 Å². The first-order valence-electron chi connectivity index (χ1n) is 12.5. The summed E-state index contributed by atoms with van der Waals surface area (Å²) in [6, 6.07) is 43.8. The molecule has 0 aliphatic rings. The standard InChI is InChI=1S/C34H22N3O.Pt/c38-32-19-7-6-15-28(32)34-36-33-27(16-10-18-31(33)37(34)25-12-2-1-3-13-25)24-21-23-11-4-5-14-26(23)29(22-24)30-17-8-9-20-35-30;/h1-21,38H;/q-1;. The number of rotatable bonds is 4. The van der Waals surface area contributed by atoms with Crippen LogP contribution in [0, 0.1) is 6.07 Å². The largest absolute Gasteiger partial charge is 0.507 e. The van der Waals surface area contributed by atoms with E-state index in [1.54, 1.807) is 6.07 Å². The quantitative estimate of drug-likeness (QED) is 0.191. The summed E-state index contributed by atoms with van der Waals surface area (Å²) in [5, 5.41) is 13.0. The third-order valence-corrected chi connectivity index (χ3v) is 6.85. The average Bonchev–Trinajstić information content (AvgIpc) is 3.37. The summed E-state index contributed by atoms with van der Waals surface area (Å²) < 4.78 is 2.11. The van der Waals surface area contributed by atoms with Crippen LogP contribution in [-0.4, -0.2) is 19.6 Å². The van der Waals surface area contributed by atoms with Crippen LogP contribution in [-0.2, 0) is 21.1 Å². The fourth-order valence-electron chi connectivity index (χ4n) is 5.10. The Kier molecular flexibility index (Phi) is 6.56. The summed E-state index contributed by atoms with van der Waals surface area (Å²) in [7, 11) is 0. The number of aromatic hydroxyl groups is 1. The maximum absolute atomic E-state index is 10.8. The van der Waals surface area contributed by atoms with Crippen LogP contribution in [0.4, 0.5) is 0 Å². The van der Waals surface area contributed by atoms with Gasteiger partial charge in [0.25, 0.3) is 0 Å². The van der Waals surface area contributed by atoms with Gasteiger partial charge in [0.1, 0.15) is 11.6 Å². The fraction of sp³-hybridized carbons (Fsp3) is 0. The number of aromatic nitrogens is 3. The Morgan fingerprint density at radius 2 is 1.44 bits per heavy atom. The first kappa shape index (κ1) is 24.8. The van der Waals surface area contributed by atoms with E-state index >= 15 is 0 Å². The maximum Gasteiger partial charge on any atom is 0.148 e. The molecule has 0 radical (unpaired) electrons. The van der Waals surface area contributed by atoms with Crippen molar-refractivity contribution in [3.8, 4) is 45.2 Å². The Morgan fingerprint density at radius 1 is 0.692 bits per heavy atom. The first-order valence-corrected chi connectivity index (χ1v) is 12.5.